The number of hydrogen-bond acceptors (Lipinski definition) is 2. The first-order valence-corrected chi connectivity index (χ1v) is 9.73. The summed E-state index contributed by atoms with van der Waals surface area (Å²) < 4.78 is 7.72. The van der Waals surface area contributed by atoms with Gasteiger partial charge in [-0.15, -0.1) is 0 Å². The summed E-state index contributed by atoms with van der Waals surface area (Å²) in [5.74, 6) is 0.887. The number of ether oxygens (including phenoxy) is 1. The third-order valence-corrected chi connectivity index (χ3v) is 5.06. The van der Waals surface area contributed by atoms with Crippen LogP contribution in [0.2, 0.25) is 0 Å². The number of nitrogens with zero attached hydrogens (tertiary/aromatic N) is 2. The molecule has 0 atom stereocenters. The number of benzene rings is 2. The molecule has 1 heterocycles. The van der Waals surface area contributed by atoms with E-state index < -0.39 is 0 Å². The van der Waals surface area contributed by atoms with Crippen molar-refractivity contribution in [2.45, 2.75) is 27.3 Å². The third-order valence-electron chi connectivity index (χ3n) is 5.06. The monoisotopic (exact) mass is 361 g/mol. The summed E-state index contributed by atoms with van der Waals surface area (Å²) in [6.45, 7) is 9.52. The molecule has 3 nitrogen and oxygen atoms in total. The van der Waals surface area contributed by atoms with Gasteiger partial charge in [-0.25, -0.2) is 0 Å². The first-order chi connectivity index (χ1) is 13.2. The van der Waals surface area contributed by atoms with Gasteiger partial charge in [0, 0.05) is 36.3 Å². The van der Waals surface area contributed by atoms with Gasteiger partial charge in [0.25, 0.3) is 0 Å². The maximum absolute atomic E-state index is 5.40. The van der Waals surface area contributed by atoms with E-state index in [1.54, 1.807) is 7.11 Å². The Morgan fingerprint density at radius 2 is 1.59 bits per heavy atom. The summed E-state index contributed by atoms with van der Waals surface area (Å²) in [5.41, 5.74) is 4.86. The topological polar surface area (TPSA) is 16.4 Å². The van der Waals surface area contributed by atoms with Crippen LogP contribution in [-0.2, 0) is 6.54 Å². The van der Waals surface area contributed by atoms with E-state index in [-0.39, 0.29) is 0 Å². The first kappa shape index (κ1) is 19.0. The van der Waals surface area contributed by atoms with Crippen LogP contribution in [-0.4, -0.2) is 20.2 Å². The second kappa shape index (κ2) is 8.72. The maximum Gasteiger partial charge on any atom is 0.216 e. The SMILES string of the molecule is CCN(CC)c1ccc(C=Cc2ccc3ccc(OC)cc3[n+]2CC)cc1. The van der Waals surface area contributed by atoms with Crippen LogP contribution < -0.4 is 14.2 Å². The molecule has 3 rings (SSSR count). The minimum Gasteiger partial charge on any atom is -0.497 e. The number of aryl methyl sites for hydroxylation is 1. The molecule has 0 unspecified atom stereocenters. The minimum absolute atomic E-state index is 0.887. The van der Waals surface area contributed by atoms with E-state index in [2.05, 4.69) is 90.9 Å². The molecular weight excluding hydrogens is 332 g/mol. The Morgan fingerprint density at radius 3 is 2.22 bits per heavy atom. The fourth-order valence-corrected chi connectivity index (χ4v) is 3.49. The summed E-state index contributed by atoms with van der Waals surface area (Å²) in [7, 11) is 1.71. The second-order valence-corrected chi connectivity index (χ2v) is 6.52. The maximum atomic E-state index is 5.40. The zero-order valence-corrected chi connectivity index (χ0v) is 16.8. The third kappa shape index (κ3) is 4.13. The van der Waals surface area contributed by atoms with Crippen LogP contribution in [0.5, 0.6) is 5.75 Å². The lowest BCUT2D eigenvalue weighted by molar-refractivity contribution is -0.669. The highest BCUT2D eigenvalue weighted by atomic mass is 16.5. The van der Waals surface area contributed by atoms with E-state index in [9.17, 15) is 0 Å². The quantitative estimate of drug-likeness (QED) is 0.540. The van der Waals surface area contributed by atoms with E-state index in [1.165, 1.54) is 27.8 Å². The molecule has 0 aliphatic rings. The Labute approximate surface area is 162 Å². The lowest BCUT2D eigenvalue weighted by Crippen LogP contribution is -2.36. The lowest BCUT2D eigenvalue weighted by atomic mass is 10.1. The number of fused-ring (bicyclic) bond motifs is 1. The van der Waals surface area contributed by atoms with E-state index >= 15 is 0 Å². The molecule has 140 valence electrons. The van der Waals surface area contributed by atoms with Crippen molar-refractivity contribution >= 4 is 28.7 Å². The van der Waals surface area contributed by atoms with Crippen molar-refractivity contribution in [1.29, 1.82) is 0 Å². The van der Waals surface area contributed by atoms with Crippen molar-refractivity contribution in [3.63, 3.8) is 0 Å². The molecule has 0 fully saturated rings. The smallest absolute Gasteiger partial charge is 0.216 e. The molecule has 0 radical (unpaired) electrons. The number of anilines is 1. The lowest BCUT2D eigenvalue weighted by Gasteiger charge is -2.20. The molecule has 0 saturated heterocycles. The predicted octanol–water partition coefficient (Wildman–Crippen LogP) is 5.17. The molecule has 27 heavy (non-hydrogen) atoms. The Kier molecular flexibility index (Phi) is 6.12. The van der Waals surface area contributed by atoms with Crippen molar-refractivity contribution in [2.24, 2.45) is 0 Å². The molecule has 0 amide bonds. The van der Waals surface area contributed by atoms with Crippen LogP contribution in [0.15, 0.2) is 54.6 Å². The molecule has 0 bridgehead atoms. The van der Waals surface area contributed by atoms with Crippen LogP contribution in [0.3, 0.4) is 0 Å². The zero-order chi connectivity index (χ0) is 19.2. The van der Waals surface area contributed by atoms with E-state index in [0.29, 0.717) is 0 Å². The van der Waals surface area contributed by atoms with Gasteiger partial charge in [-0.2, -0.15) is 4.57 Å². The van der Waals surface area contributed by atoms with Crippen LogP contribution in [0.1, 0.15) is 32.0 Å². The van der Waals surface area contributed by atoms with Crippen molar-refractivity contribution in [2.75, 3.05) is 25.1 Å². The summed E-state index contributed by atoms with van der Waals surface area (Å²) in [6, 6.07) is 19.3. The van der Waals surface area contributed by atoms with Gasteiger partial charge in [0.15, 0.2) is 0 Å². The fourth-order valence-electron chi connectivity index (χ4n) is 3.49. The zero-order valence-electron chi connectivity index (χ0n) is 16.8. The Hall–Kier alpha value is -2.81. The van der Waals surface area contributed by atoms with Crippen LogP contribution in [0.4, 0.5) is 5.69 Å². The molecule has 0 aliphatic carbocycles. The number of pyridine rings is 1. The number of rotatable bonds is 7. The number of aromatic nitrogens is 1. The van der Waals surface area contributed by atoms with Crippen molar-refractivity contribution in [1.82, 2.24) is 0 Å². The van der Waals surface area contributed by atoms with Crippen LogP contribution in [0.25, 0.3) is 23.1 Å². The van der Waals surface area contributed by atoms with Gasteiger partial charge >= 0.3 is 0 Å². The predicted molar refractivity (Wildman–Crippen MR) is 115 cm³/mol. The average molecular weight is 362 g/mol. The highest BCUT2D eigenvalue weighted by Crippen LogP contribution is 2.20. The normalized spacial score (nSPS) is 11.3. The molecular formula is C24H29N2O+. The minimum atomic E-state index is 0.887. The summed E-state index contributed by atoms with van der Waals surface area (Å²) in [4.78, 5) is 2.36. The largest absolute Gasteiger partial charge is 0.497 e. The van der Waals surface area contributed by atoms with Gasteiger partial charge in [-0.3, -0.25) is 0 Å². The van der Waals surface area contributed by atoms with Crippen molar-refractivity contribution < 1.29 is 9.30 Å². The Bertz CT molecular complexity index is 925. The van der Waals surface area contributed by atoms with Crippen molar-refractivity contribution in [3.05, 3.63) is 65.9 Å². The average Bonchev–Trinajstić information content (AvgIpc) is 2.73. The summed E-state index contributed by atoms with van der Waals surface area (Å²) >= 11 is 0. The van der Waals surface area contributed by atoms with Crippen LogP contribution in [0, 0.1) is 0 Å². The highest BCUT2D eigenvalue weighted by Gasteiger charge is 2.13. The van der Waals surface area contributed by atoms with Crippen LogP contribution >= 0.6 is 0 Å². The summed E-state index contributed by atoms with van der Waals surface area (Å²) in [6.07, 6.45) is 4.37. The molecule has 0 aliphatic heterocycles. The standard InChI is InChI=1S/C24H29N2O/c1-5-25(6-2)21-13-8-19(9-14-21)10-15-22-16-11-20-12-17-23(27-4)18-24(20)26(22)7-3/h8-18H,5-7H2,1-4H3/q+1. The molecule has 3 heteroatoms. The van der Waals surface area contributed by atoms with Gasteiger partial charge in [0.2, 0.25) is 11.2 Å². The number of methoxy groups -OCH3 is 1. The molecule has 0 spiro atoms. The van der Waals surface area contributed by atoms with Gasteiger partial charge in [0.1, 0.15) is 12.3 Å². The van der Waals surface area contributed by atoms with Crippen molar-refractivity contribution in [3.8, 4) is 5.75 Å². The van der Waals surface area contributed by atoms with Gasteiger partial charge in [-0.05, 0) is 62.7 Å². The van der Waals surface area contributed by atoms with Gasteiger partial charge in [0.05, 0.1) is 13.2 Å². The van der Waals surface area contributed by atoms with Gasteiger partial charge in [-0.1, -0.05) is 12.1 Å². The van der Waals surface area contributed by atoms with E-state index in [4.69, 9.17) is 4.74 Å². The molecule has 2 aromatic carbocycles. The molecule has 0 saturated carbocycles. The first-order valence-electron chi connectivity index (χ1n) is 9.73. The Balaban J connectivity index is 1.91. The second-order valence-electron chi connectivity index (χ2n) is 6.52. The van der Waals surface area contributed by atoms with E-state index in [0.717, 1.165) is 25.4 Å². The molecule has 3 aromatic rings. The highest BCUT2D eigenvalue weighted by molar-refractivity contribution is 5.79. The van der Waals surface area contributed by atoms with Gasteiger partial charge < -0.3 is 9.64 Å². The fraction of sp³-hybridized carbons (Fsp3) is 0.292. The van der Waals surface area contributed by atoms with E-state index in [1.807, 2.05) is 6.07 Å². The Morgan fingerprint density at radius 1 is 0.889 bits per heavy atom. The summed E-state index contributed by atoms with van der Waals surface area (Å²) in [5, 5.41) is 1.22. The molecule has 1 aromatic heterocycles. The number of hydrogen-bond donors (Lipinski definition) is 0. The molecule has 0 N–H and O–H groups in total.